The van der Waals surface area contributed by atoms with Gasteiger partial charge in [-0.3, -0.25) is 0 Å². The molecule has 3 rings (SSSR count). The molecule has 0 aliphatic rings. The maximum absolute atomic E-state index is 5.73. The Labute approximate surface area is 135 Å². The Bertz CT molecular complexity index is 810. The molecule has 6 heteroatoms. The van der Waals surface area contributed by atoms with Gasteiger partial charge in [-0.05, 0) is 17.7 Å². The fraction of sp³-hybridized carbons (Fsp3) is 0.294. The third kappa shape index (κ3) is 2.92. The van der Waals surface area contributed by atoms with E-state index in [-0.39, 0.29) is 11.4 Å². The average molecular weight is 311 g/mol. The quantitative estimate of drug-likeness (QED) is 0.757. The molecule has 0 bridgehead atoms. The zero-order valence-corrected chi connectivity index (χ0v) is 13.6. The molecule has 0 spiro atoms. The Hall–Kier alpha value is -2.76. The number of ether oxygens (including phenoxy) is 1. The molecule has 2 heterocycles. The van der Waals surface area contributed by atoms with Crippen LogP contribution in [0, 0.1) is 0 Å². The summed E-state index contributed by atoms with van der Waals surface area (Å²) in [5.74, 6) is 1.69. The highest BCUT2D eigenvalue weighted by atomic mass is 16.5. The summed E-state index contributed by atoms with van der Waals surface area (Å²) in [7, 11) is 1.60. The van der Waals surface area contributed by atoms with Crippen LogP contribution >= 0.6 is 0 Å². The highest BCUT2D eigenvalue weighted by molar-refractivity contribution is 5.61. The molecule has 0 aliphatic heterocycles. The minimum absolute atomic E-state index is 0.0281. The molecule has 6 nitrogen and oxygen atoms in total. The van der Waals surface area contributed by atoms with Gasteiger partial charge < -0.3 is 15.8 Å². The average Bonchev–Trinajstić information content (AvgIpc) is 2.95. The minimum atomic E-state index is -0.0281. The highest BCUT2D eigenvalue weighted by Gasteiger charge is 2.21. The van der Waals surface area contributed by atoms with E-state index in [4.69, 9.17) is 10.5 Å². The van der Waals surface area contributed by atoms with Crippen molar-refractivity contribution in [2.75, 3.05) is 24.7 Å². The molecule has 0 unspecified atom stereocenters. The molecule has 0 radical (unpaired) electrons. The monoisotopic (exact) mass is 311 g/mol. The maximum Gasteiger partial charge on any atom is 0.240 e. The number of nitrogens with zero attached hydrogens (tertiary/aromatic N) is 3. The number of nitrogens with one attached hydrogen (secondary N) is 1. The third-order valence-electron chi connectivity index (χ3n) is 3.95. The van der Waals surface area contributed by atoms with Crippen LogP contribution in [0.5, 0.6) is 5.75 Å². The van der Waals surface area contributed by atoms with Crippen LogP contribution in [-0.4, -0.2) is 28.3 Å². The molecule has 120 valence electrons. The van der Waals surface area contributed by atoms with Crippen molar-refractivity contribution in [3.8, 4) is 5.75 Å². The number of fused-ring (bicyclic) bond motifs is 1. The zero-order valence-electron chi connectivity index (χ0n) is 13.6. The van der Waals surface area contributed by atoms with Crippen molar-refractivity contribution in [2.45, 2.75) is 19.3 Å². The van der Waals surface area contributed by atoms with E-state index in [0.717, 1.165) is 12.4 Å². The van der Waals surface area contributed by atoms with Crippen LogP contribution in [0.3, 0.4) is 0 Å². The van der Waals surface area contributed by atoms with Crippen LogP contribution in [0.15, 0.2) is 42.5 Å². The van der Waals surface area contributed by atoms with E-state index in [9.17, 15) is 0 Å². The van der Waals surface area contributed by atoms with Crippen LogP contribution in [0.1, 0.15) is 19.4 Å². The van der Waals surface area contributed by atoms with Crippen molar-refractivity contribution in [3.63, 3.8) is 0 Å². The van der Waals surface area contributed by atoms with E-state index < -0.39 is 0 Å². The lowest BCUT2D eigenvalue weighted by atomic mass is 9.84. The normalized spacial score (nSPS) is 11.6. The molecular weight excluding hydrogens is 290 g/mol. The van der Waals surface area contributed by atoms with Crippen molar-refractivity contribution in [3.05, 3.63) is 48.0 Å². The summed E-state index contributed by atoms with van der Waals surface area (Å²) in [5, 5.41) is 7.68. The smallest absolute Gasteiger partial charge is 0.240 e. The fourth-order valence-corrected chi connectivity index (χ4v) is 2.55. The first-order chi connectivity index (χ1) is 11.0. The van der Waals surface area contributed by atoms with Gasteiger partial charge in [-0.1, -0.05) is 44.2 Å². The Kier molecular flexibility index (Phi) is 3.82. The molecule has 0 saturated heterocycles. The van der Waals surface area contributed by atoms with Gasteiger partial charge in [0.25, 0.3) is 0 Å². The zero-order chi connectivity index (χ0) is 16.4. The largest absolute Gasteiger partial charge is 0.493 e. The number of pyridine rings is 1. The third-order valence-corrected chi connectivity index (χ3v) is 3.95. The summed E-state index contributed by atoms with van der Waals surface area (Å²) in [5.41, 5.74) is 7.58. The van der Waals surface area contributed by atoms with E-state index in [1.807, 2.05) is 18.2 Å². The topological polar surface area (TPSA) is 77.5 Å². The van der Waals surface area contributed by atoms with E-state index in [1.165, 1.54) is 5.56 Å². The molecular formula is C17H21N5O. The number of aromatic nitrogens is 3. The van der Waals surface area contributed by atoms with Gasteiger partial charge in [0, 0.05) is 12.0 Å². The fourth-order valence-electron chi connectivity index (χ4n) is 2.55. The number of hydrogen-bond donors (Lipinski definition) is 2. The first-order valence-corrected chi connectivity index (χ1v) is 7.50. The van der Waals surface area contributed by atoms with Gasteiger partial charge in [0.2, 0.25) is 11.6 Å². The Morgan fingerprint density at radius 1 is 1.17 bits per heavy atom. The number of benzene rings is 1. The summed E-state index contributed by atoms with van der Waals surface area (Å²) < 4.78 is 6.98. The molecule has 2 aromatic heterocycles. The predicted octanol–water partition coefficient (Wildman–Crippen LogP) is 2.71. The summed E-state index contributed by atoms with van der Waals surface area (Å²) in [4.78, 5) is 4.21. The first kappa shape index (κ1) is 15.1. The second-order valence-corrected chi connectivity index (χ2v) is 6.10. The molecule has 0 saturated carbocycles. The SMILES string of the molecule is COc1ccc(NCC(C)(C)c2ccccc2)n2nc(N)nc12. The lowest BCUT2D eigenvalue weighted by molar-refractivity contribution is 0.416. The van der Waals surface area contributed by atoms with Gasteiger partial charge in [0.15, 0.2) is 5.75 Å². The molecule has 0 atom stereocenters. The number of nitrogens with two attached hydrogens (primary N) is 1. The van der Waals surface area contributed by atoms with E-state index in [1.54, 1.807) is 11.6 Å². The van der Waals surface area contributed by atoms with E-state index in [0.29, 0.717) is 11.4 Å². The van der Waals surface area contributed by atoms with Gasteiger partial charge in [0.05, 0.1) is 7.11 Å². The molecule has 23 heavy (non-hydrogen) atoms. The molecule has 0 amide bonds. The van der Waals surface area contributed by atoms with Gasteiger partial charge in [-0.15, -0.1) is 5.10 Å². The molecule has 1 aromatic carbocycles. The number of rotatable bonds is 5. The lowest BCUT2D eigenvalue weighted by Gasteiger charge is -2.26. The van der Waals surface area contributed by atoms with Crippen molar-refractivity contribution < 1.29 is 4.74 Å². The van der Waals surface area contributed by atoms with E-state index in [2.05, 4.69) is 53.5 Å². The lowest BCUT2D eigenvalue weighted by Crippen LogP contribution is -2.28. The molecule has 3 aromatic rings. The van der Waals surface area contributed by atoms with E-state index >= 15 is 0 Å². The molecule has 0 fully saturated rings. The van der Waals surface area contributed by atoms with Crippen LogP contribution in [0.25, 0.3) is 5.65 Å². The van der Waals surface area contributed by atoms with Crippen molar-refractivity contribution in [2.24, 2.45) is 0 Å². The van der Waals surface area contributed by atoms with Crippen molar-refractivity contribution in [1.29, 1.82) is 0 Å². The van der Waals surface area contributed by atoms with Gasteiger partial charge in [-0.2, -0.15) is 9.50 Å². The number of methoxy groups -OCH3 is 1. The maximum atomic E-state index is 5.73. The summed E-state index contributed by atoms with van der Waals surface area (Å²) >= 11 is 0. The van der Waals surface area contributed by atoms with Gasteiger partial charge in [-0.25, -0.2) is 0 Å². The number of hydrogen-bond acceptors (Lipinski definition) is 5. The van der Waals surface area contributed by atoms with Gasteiger partial charge >= 0.3 is 0 Å². The Morgan fingerprint density at radius 3 is 2.61 bits per heavy atom. The molecule has 3 N–H and O–H groups in total. The Morgan fingerprint density at radius 2 is 1.91 bits per heavy atom. The van der Waals surface area contributed by atoms with Crippen molar-refractivity contribution >= 4 is 17.4 Å². The minimum Gasteiger partial charge on any atom is -0.493 e. The summed E-state index contributed by atoms with van der Waals surface area (Å²) in [6.07, 6.45) is 0. The van der Waals surface area contributed by atoms with Crippen LogP contribution < -0.4 is 15.8 Å². The number of nitrogen functional groups attached to an aromatic ring is 1. The van der Waals surface area contributed by atoms with Crippen LogP contribution in [-0.2, 0) is 5.41 Å². The first-order valence-electron chi connectivity index (χ1n) is 7.50. The number of anilines is 2. The van der Waals surface area contributed by atoms with Crippen molar-refractivity contribution in [1.82, 2.24) is 14.6 Å². The second kappa shape index (κ2) is 5.79. The molecule has 0 aliphatic carbocycles. The van der Waals surface area contributed by atoms with Gasteiger partial charge in [0.1, 0.15) is 5.82 Å². The standard InChI is InChI=1S/C17H21N5O/c1-17(2,12-7-5-4-6-8-12)11-19-14-10-9-13(23-3)15-20-16(18)21-22(14)15/h4-10,19H,11H2,1-3H3,(H2,18,21). The Balaban J connectivity index is 1.88. The predicted molar refractivity (Wildman–Crippen MR) is 91.9 cm³/mol. The second-order valence-electron chi connectivity index (χ2n) is 6.10. The van der Waals surface area contributed by atoms with Crippen LogP contribution in [0.2, 0.25) is 0 Å². The highest BCUT2D eigenvalue weighted by Crippen LogP contribution is 2.26. The summed E-state index contributed by atoms with van der Waals surface area (Å²) in [6.45, 7) is 5.15. The van der Waals surface area contributed by atoms with Crippen LogP contribution in [0.4, 0.5) is 11.8 Å². The summed E-state index contributed by atoms with van der Waals surface area (Å²) in [6, 6.07) is 14.2.